The minimum absolute atomic E-state index is 0.00878. The third-order valence-corrected chi connectivity index (χ3v) is 9.87. The van der Waals surface area contributed by atoms with Crippen LogP contribution in [0.2, 0.25) is 0 Å². The molecule has 8 rings (SSSR count). The Bertz CT molecular complexity index is 2630. The maximum absolute atomic E-state index is 6.67. The fraction of sp³-hybridized carbons (Fsp3) is 0.273. The molecule has 0 saturated heterocycles. The number of hydrogen-bond acceptors (Lipinski definition) is 5. The molecule has 0 spiro atoms. The van der Waals surface area contributed by atoms with Gasteiger partial charge in [0.25, 0.3) is 0 Å². The highest BCUT2D eigenvalue weighted by Gasteiger charge is 2.21. The lowest BCUT2D eigenvalue weighted by atomic mass is 9.86. The van der Waals surface area contributed by atoms with Gasteiger partial charge in [0.2, 0.25) is 0 Å². The Morgan fingerprint density at radius 2 is 1.18 bits per heavy atom. The van der Waals surface area contributed by atoms with Gasteiger partial charge in [-0.05, 0) is 93.6 Å². The number of pyridine rings is 4. The quantitative estimate of drug-likeness (QED) is 0.177. The topological polar surface area (TPSA) is 65.7 Å². The number of ether oxygens (including phenoxy) is 1. The summed E-state index contributed by atoms with van der Waals surface area (Å²) in [6, 6.07) is 25.9. The molecular formula is C44H43N5O. The van der Waals surface area contributed by atoms with E-state index in [0.717, 1.165) is 60.8 Å². The molecule has 0 aliphatic carbocycles. The Kier molecular flexibility index (Phi) is 7.06. The number of benzene rings is 3. The van der Waals surface area contributed by atoms with Crippen LogP contribution in [0.4, 0.5) is 0 Å². The predicted molar refractivity (Wildman–Crippen MR) is 207 cm³/mol. The van der Waals surface area contributed by atoms with Crippen molar-refractivity contribution < 1.29 is 4.74 Å². The van der Waals surface area contributed by atoms with Crippen molar-refractivity contribution in [2.45, 2.75) is 78.6 Å². The van der Waals surface area contributed by atoms with Crippen LogP contribution in [0.15, 0.2) is 97.6 Å². The molecule has 50 heavy (non-hydrogen) atoms. The van der Waals surface area contributed by atoms with Gasteiger partial charge in [-0.15, -0.1) is 0 Å². The summed E-state index contributed by atoms with van der Waals surface area (Å²) in [5, 5.41) is 6.32. The highest BCUT2D eigenvalue weighted by Crippen LogP contribution is 2.39. The lowest BCUT2D eigenvalue weighted by molar-refractivity contribution is 0.484. The van der Waals surface area contributed by atoms with Crippen LogP contribution in [0, 0.1) is 0 Å². The number of fused-ring (bicyclic) bond motifs is 8. The Morgan fingerprint density at radius 1 is 0.500 bits per heavy atom. The molecule has 6 heteroatoms. The Balaban J connectivity index is 1.29. The second-order valence-corrected chi connectivity index (χ2v) is 16.6. The number of rotatable bonds is 3. The Hall–Kier alpha value is -5.36. The van der Waals surface area contributed by atoms with Crippen LogP contribution in [0.5, 0.6) is 11.5 Å². The van der Waals surface area contributed by atoms with Crippen LogP contribution in [0.25, 0.3) is 60.3 Å². The Labute approximate surface area is 293 Å². The number of aromatic nitrogens is 5. The van der Waals surface area contributed by atoms with Crippen LogP contribution in [0.3, 0.4) is 0 Å². The van der Waals surface area contributed by atoms with Crippen LogP contribution >= 0.6 is 0 Å². The highest BCUT2D eigenvalue weighted by atomic mass is 16.5. The van der Waals surface area contributed by atoms with Gasteiger partial charge in [0.1, 0.15) is 17.3 Å². The van der Waals surface area contributed by atoms with E-state index >= 15 is 0 Å². The normalized spacial score (nSPS) is 12.9. The molecule has 0 aliphatic rings. The van der Waals surface area contributed by atoms with Gasteiger partial charge in [0, 0.05) is 57.8 Å². The molecule has 0 fully saturated rings. The first-order valence-electron chi connectivity index (χ1n) is 17.4. The van der Waals surface area contributed by atoms with Crippen LogP contribution < -0.4 is 4.74 Å². The molecular weight excluding hydrogens is 615 g/mol. The predicted octanol–water partition coefficient (Wildman–Crippen LogP) is 11.5. The number of hydrogen-bond donors (Lipinski definition) is 0. The summed E-state index contributed by atoms with van der Waals surface area (Å²) in [6.07, 6.45) is 7.65. The molecule has 6 nitrogen and oxygen atoms in total. The SMILES string of the molecule is CC(C)(C)c1ccnc(-n2c3ccc(C(C)(C)C)cc3c3ccc(Oc4ccc5cnc6ncc7cc(C(C)(C)C)cnc7c6c5c4)cc32)c1. The minimum atomic E-state index is -0.0126. The van der Waals surface area contributed by atoms with Crippen molar-refractivity contribution in [2.75, 3.05) is 0 Å². The minimum Gasteiger partial charge on any atom is -0.457 e. The smallest absolute Gasteiger partial charge is 0.161 e. The number of nitrogens with zero attached hydrogens (tertiary/aromatic N) is 5. The fourth-order valence-corrected chi connectivity index (χ4v) is 6.83. The van der Waals surface area contributed by atoms with Gasteiger partial charge in [-0.25, -0.2) is 15.0 Å². The van der Waals surface area contributed by atoms with E-state index in [0.29, 0.717) is 5.65 Å². The molecule has 0 N–H and O–H groups in total. The van der Waals surface area contributed by atoms with Crippen molar-refractivity contribution in [3.05, 3.63) is 114 Å². The third kappa shape index (κ3) is 5.43. The third-order valence-electron chi connectivity index (χ3n) is 9.87. The molecule has 0 saturated carbocycles. The highest BCUT2D eigenvalue weighted by molar-refractivity contribution is 6.16. The molecule has 250 valence electrons. The summed E-state index contributed by atoms with van der Waals surface area (Å²) >= 11 is 0. The largest absolute Gasteiger partial charge is 0.457 e. The first-order chi connectivity index (χ1) is 23.6. The summed E-state index contributed by atoms with van der Waals surface area (Å²) < 4.78 is 8.94. The monoisotopic (exact) mass is 657 g/mol. The molecule has 3 aromatic carbocycles. The zero-order valence-electron chi connectivity index (χ0n) is 30.4. The van der Waals surface area contributed by atoms with E-state index in [1.807, 2.05) is 30.9 Å². The maximum Gasteiger partial charge on any atom is 0.161 e. The van der Waals surface area contributed by atoms with E-state index < -0.39 is 0 Å². The maximum atomic E-state index is 6.67. The molecule has 5 aromatic heterocycles. The van der Waals surface area contributed by atoms with E-state index in [1.165, 1.54) is 22.1 Å². The van der Waals surface area contributed by atoms with Crippen molar-refractivity contribution in [2.24, 2.45) is 0 Å². The average molecular weight is 658 g/mol. The first kappa shape index (κ1) is 31.9. The van der Waals surface area contributed by atoms with Gasteiger partial charge in [-0.2, -0.15) is 0 Å². The van der Waals surface area contributed by atoms with Crippen LogP contribution in [0.1, 0.15) is 79.0 Å². The van der Waals surface area contributed by atoms with Crippen molar-refractivity contribution in [3.63, 3.8) is 0 Å². The van der Waals surface area contributed by atoms with Crippen molar-refractivity contribution >= 4 is 54.5 Å². The average Bonchev–Trinajstić information content (AvgIpc) is 3.39. The van der Waals surface area contributed by atoms with E-state index in [4.69, 9.17) is 19.7 Å². The van der Waals surface area contributed by atoms with Gasteiger partial charge in [-0.3, -0.25) is 9.55 Å². The van der Waals surface area contributed by atoms with Gasteiger partial charge >= 0.3 is 0 Å². The van der Waals surface area contributed by atoms with Crippen LogP contribution in [-0.4, -0.2) is 24.5 Å². The molecule has 0 radical (unpaired) electrons. The zero-order valence-corrected chi connectivity index (χ0v) is 30.4. The van der Waals surface area contributed by atoms with Gasteiger partial charge < -0.3 is 4.74 Å². The standard InChI is InChI=1S/C44H43N5O/c1-42(2,3)28-11-15-36-35(19-28)33-14-13-32(22-37(33)49(36)38-20-29(16-17-45-38)43(4,5)6)50-31-12-10-26-23-47-41-39(34(26)21-31)40-27(24-48-41)18-30(25-46-40)44(7,8)9/h10-25H,1-9H3. The summed E-state index contributed by atoms with van der Waals surface area (Å²) in [4.78, 5) is 19.2. The lowest BCUT2D eigenvalue weighted by Gasteiger charge is -2.20. The molecule has 5 heterocycles. The zero-order chi connectivity index (χ0) is 35.2. The second kappa shape index (κ2) is 11.1. The first-order valence-corrected chi connectivity index (χ1v) is 17.4. The van der Waals surface area contributed by atoms with Gasteiger partial charge in [0.15, 0.2) is 5.65 Å². The fourth-order valence-electron chi connectivity index (χ4n) is 6.83. The van der Waals surface area contributed by atoms with Gasteiger partial charge in [0.05, 0.1) is 21.9 Å². The lowest BCUT2D eigenvalue weighted by Crippen LogP contribution is -2.12. The summed E-state index contributed by atoms with van der Waals surface area (Å²) in [5.41, 5.74) is 7.44. The van der Waals surface area contributed by atoms with Crippen LogP contribution in [-0.2, 0) is 16.2 Å². The molecule has 0 amide bonds. The van der Waals surface area contributed by atoms with Crippen molar-refractivity contribution in [1.29, 1.82) is 0 Å². The summed E-state index contributed by atoms with van der Waals surface area (Å²) in [6.45, 7) is 20.1. The van der Waals surface area contributed by atoms with E-state index in [2.05, 4.69) is 139 Å². The summed E-state index contributed by atoms with van der Waals surface area (Å²) in [7, 11) is 0. The second-order valence-electron chi connectivity index (χ2n) is 16.6. The van der Waals surface area contributed by atoms with E-state index in [-0.39, 0.29) is 16.2 Å². The van der Waals surface area contributed by atoms with Crippen molar-refractivity contribution in [3.8, 4) is 17.3 Å². The van der Waals surface area contributed by atoms with Crippen molar-refractivity contribution in [1.82, 2.24) is 24.5 Å². The van der Waals surface area contributed by atoms with E-state index in [1.54, 1.807) is 0 Å². The molecule has 0 aliphatic heterocycles. The molecule has 0 unspecified atom stereocenters. The van der Waals surface area contributed by atoms with E-state index in [9.17, 15) is 0 Å². The molecule has 0 bridgehead atoms. The summed E-state index contributed by atoms with van der Waals surface area (Å²) in [5.74, 6) is 2.38. The molecule has 8 aromatic rings. The molecule has 0 atom stereocenters. The Morgan fingerprint density at radius 3 is 1.92 bits per heavy atom. The van der Waals surface area contributed by atoms with Gasteiger partial charge in [-0.1, -0.05) is 68.4 Å².